The summed E-state index contributed by atoms with van der Waals surface area (Å²) in [6.45, 7) is 1.97. The number of alkyl halides is 3. The number of aryl methyl sites for hydroxylation is 1. The van der Waals surface area contributed by atoms with Gasteiger partial charge in [-0.05, 0) is 42.3 Å². The predicted octanol–water partition coefficient (Wildman–Crippen LogP) is 3.46. The maximum Gasteiger partial charge on any atom is 0.416 e. The van der Waals surface area contributed by atoms with Crippen LogP contribution in [0.3, 0.4) is 0 Å². The van der Waals surface area contributed by atoms with Gasteiger partial charge in [0.15, 0.2) is 0 Å². The summed E-state index contributed by atoms with van der Waals surface area (Å²) in [6, 6.07) is 11.3. The van der Waals surface area contributed by atoms with E-state index in [1.54, 1.807) is 0 Å². The zero-order chi connectivity index (χ0) is 20.0. The van der Waals surface area contributed by atoms with Crippen molar-refractivity contribution in [3.63, 3.8) is 0 Å². The van der Waals surface area contributed by atoms with Crippen LogP contribution in [-0.2, 0) is 20.5 Å². The summed E-state index contributed by atoms with van der Waals surface area (Å²) < 4.78 is 42.9. The first kappa shape index (κ1) is 20.4. The number of hydrogen-bond acceptors (Lipinski definition) is 3. The lowest BCUT2D eigenvalue weighted by molar-refractivity contribution is -0.137. The van der Waals surface area contributed by atoms with Gasteiger partial charge in [0.2, 0.25) is 0 Å². The largest absolute Gasteiger partial charge is 0.416 e. The monoisotopic (exact) mass is 380 g/mol. The molecule has 2 amide bonds. The van der Waals surface area contributed by atoms with Crippen molar-refractivity contribution in [2.75, 3.05) is 19.0 Å². The second-order valence-electron chi connectivity index (χ2n) is 5.82. The highest BCUT2D eigenvalue weighted by atomic mass is 19.4. The van der Waals surface area contributed by atoms with Gasteiger partial charge in [0.1, 0.15) is 0 Å². The van der Waals surface area contributed by atoms with Crippen LogP contribution in [0.4, 0.5) is 18.9 Å². The summed E-state index contributed by atoms with van der Waals surface area (Å²) in [7, 11) is 1.49. The van der Waals surface area contributed by atoms with Gasteiger partial charge in [-0.25, -0.2) is 0 Å². The molecule has 1 atom stereocenters. The predicted molar refractivity (Wildman–Crippen MR) is 94.0 cm³/mol. The Morgan fingerprint density at radius 1 is 1.04 bits per heavy atom. The first-order valence-corrected chi connectivity index (χ1v) is 8.07. The fraction of sp³-hybridized carbons (Fsp3) is 0.263. The molecule has 0 aliphatic carbocycles. The zero-order valence-electron chi connectivity index (χ0n) is 14.8. The van der Waals surface area contributed by atoms with Crippen molar-refractivity contribution < 1.29 is 27.5 Å². The second-order valence-corrected chi connectivity index (χ2v) is 5.82. The quantitative estimate of drug-likeness (QED) is 0.781. The first-order chi connectivity index (χ1) is 12.7. The molecule has 8 heteroatoms. The number of rotatable bonds is 5. The Hall–Kier alpha value is -2.87. The Balaban J connectivity index is 1.93. The summed E-state index contributed by atoms with van der Waals surface area (Å²) >= 11 is 0. The minimum Gasteiger partial charge on any atom is -0.375 e. The Kier molecular flexibility index (Phi) is 6.57. The lowest BCUT2D eigenvalue weighted by Crippen LogP contribution is -2.38. The van der Waals surface area contributed by atoms with Gasteiger partial charge in [0.05, 0.1) is 11.7 Å². The lowest BCUT2D eigenvalue weighted by Gasteiger charge is -2.18. The highest BCUT2D eigenvalue weighted by molar-refractivity contribution is 6.39. The molecule has 0 saturated carbocycles. The Labute approximate surface area is 154 Å². The van der Waals surface area contributed by atoms with Crippen LogP contribution in [0.1, 0.15) is 22.8 Å². The highest BCUT2D eigenvalue weighted by Crippen LogP contribution is 2.29. The van der Waals surface area contributed by atoms with Gasteiger partial charge in [-0.1, -0.05) is 24.3 Å². The third-order valence-electron chi connectivity index (χ3n) is 3.94. The molecule has 2 N–H and O–H groups in total. The van der Waals surface area contributed by atoms with Gasteiger partial charge in [0, 0.05) is 19.3 Å². The van der Waals surface area contributed by atoms with Gasteiger partial charge in [-0.3, -0.25) is 9.59 Å². The average molecular weight is 380 g/mol. The molecule has 5 nitrogen and oxygen atoms in total. The van der Waals surface area contributed by atoms with Crippen molar-refractivity contribution in [3.8, 4) is 0 Å². The minimum atomic E-state index is -4.47. The standard InChI is InChI=1S/C19H19F3N2O3/c1-12-5-3-4-6-15(12)16(27-2)11-23-17(25)18(26)24-14-9-7-13(8-10-14)19(20,21)22/h3-10,16H,11H2,1-2H3,(H,23,25)(H,24,26)/t16-/m0/s1. The summed E-state index contributed by atoms with van der Waals surface area (Å²) in [5.41, 5.74) is 1.10. The molecule has 2 rings (SSSR count). The van der Waals surface area contributed by atoms with E-state index in [0.29, 0.717) is 0 Å². The van der Waals surface area contributed by atoms with E-state index in [9.17, 15) is 22.8 Å². The Morgan fingerprint density at radius 3 is 2.22 bits per heavy atom. The molecule has 0 spiro atoms. The Morgan fingerprint density at radius 2 is 1.67 bits per heavy atom. The number of carbonyl (C=O) groups excluding carboxylic acids is 2. The number of nitrogens with one attached hydrogen (secondary N) is 2. The molecule has 0 radical (unpaired) electrons. The van der Waals surface area contributed by atoms with Gasteiger partial charge < -0.3 is 15.4 Å². The van der Waals surface area contributed by atoms with Gasteiger partial charge in [0.25, 0.3) is 0 Å². The van der Waals surface area contributed by atoms with Crippen LogP contribution in [0.2, 0.25) is 0 Å². The van der Waals surface area contributed by atoms with E-state index in [-0.39, 0.29) is 12.2 Å². The number of benzene rings is 2. The molecule has 0 fully saturated rings. The number of hydrogen-bond donors (Lipinski definition) is 2. The fourth-order valence-electron chi connectivity index (χ4n) is 2.46. The molecule has 0 unspecified atom stereocenters. The number of methoxy groups -OCH3 is 1. The highest BCUT2D eigenvalue weighted by Gasteiger charge is 2.30. The lowest BCUT2D eigenvalue weighted by atomic mass is 10.0. The van der Waals surface area contributed by atoms with Crippen molar-refractivity contribution in [2.45, 2.75) is 19.2 Å². The number of amides is 2. The van der Waals surface area contributed by atoms with E-state index in [4.69, 9.17) is 4.74 Å². The molecule has 144 valence electrons. The van der Waals surface area contributed by atoms with Crippen molar-refractivity contribution >= 4 is 17.5 Å². The SMILES string of the molecule is CO[C@@H](CNC(=O)C(=O)Nc1ccc(C(F)(F)F)cc1)c1ccccc1C. The van der Waals surface area contributed by atoms with Gasteiger partial charge in [-0.15, -0.1) is 0 Å². The molecule has 2 aromatic rings. The van der Waals surface area contributed by atoms with Crippen LogP contribution in [0.5, 0.6) is 0 Å². The zero-order valence-corrected chi connectivity index (χ0v) is 14.8. The second kappa shape index (κ2) is 8.68. The van der Waals surface area contributed by atoms with Crippen LogP contribution in [0.25, 0.3) is 0 Å². The van der Waals surface area contributed by atoms with E-state index in [1.807, 2.05) is 31.2 Å². The molecule has 0 heterocycles. The number of ether oxygens (including phenoxy) is 1. The first-order valence-electron chi connectivity index (χ1n) is 8.07. The molecule has 0 aliphatic heterocycles. The third kappa shape index (κ3) is 5.55. The number of anilines is 1. The van der Waals surface area contributed by atoms with E-state index < -0.39 is 29.7 Å². The van der Waals surface area contributed by atoms with Crippen LogP contribution in [-0.4, -0.2) is 25.5 Å². The summed E-state index contributed by atoms with van der Waals surface area (Å²) in [5.74, 6) is -1.89. The van der Waals surface area contributed by atoms with E-state index >= 15 is 0 Å². The maximum atomic E-state index is 12.5. The number of halogens is 3. The summed E-state index contributed by atoms with van der Waals surface area (Å²) in [4.78, 5) is 23.9. The van der Waals surface area contributed by atoms with Crippen molar-refractivity contribution in [1.82, 2.24) is 5.32 Å². The van der Waals surface area contributed by atoms with E-state index in [0.717, 1.165) is 35.4 Å². The molecule has 0 bridgehead atoms. The minimum absolute atomic E-state index is 0.0701. The van der Waals surface area contributed by atoms with Crippen LogP contribution >= 0.6 is 0 Å². The fourth-order valence-corrected chi connectivity index (χ4v) is 2.46. The van der Waals surface area contributed by atoms with Crippen LogP contribution in [0, 0.1) is 6.92 Å². The molecule has 2 aromatic carbocycles. The molecule has 0 aromatic heterocycles. The van der Waals surface area contributed by atoms with Gasteiger partial charge in [-0.2, -0.15) is 13.2 Å². The molecular formula is C19H19F3N2O3. The topological polar surface area (TPSA) is 67.4 Å². The van der Waals surface area contributed by atoms with Crippen molar-refractivity contribution in [3.05, 3.63) is 65.2 Å². The van der Waals surface area contributed by atoms with E-state index in [2.05, 4.69) is 10.6 Å². The third-order valence-corrected chi connectivity index (χ3v) is 3.94. The molecular weight excluding hydrogens is 361 g/mol. The molecule has 27 heavy (non-hydrogen) atoms. The summed E-state index contributed by atoms with van der Waals surface area (Å²) in [5, 5.41) is 4.71. The summed E-state index contributed by atoms with van der Waals surface area (Å²) in [6.07, 6.45) is -4.90. The van der Waals surface area contributed by atoms with Gasteiger partial charge >= 0.3 is 18.0 Å². The normalized spacial score (nSPS) is 12.3. The average Bonchev–Trinajstić information content (AvgIpc) is 2.63. The molecule has 0 saturated heterocycles. The maximum absolute atomic E-state index is 12.5. The van der Waals surface area contributed by atoms with E-state index in [1.165, 1.54) is 7.11 Å². The smallest absolute Gasteiger partial charge is 0.375 e. The van der Waals surface area contributed by atoms with Crippen LogP contribution < -0.4 is 10.6 Å². The van der Waals surface area contributed by atoms with Crippen LogP contribution in [0.15, 0.2) is 48.5 Å². The molecule has 0 aliphatic rings. The Bertz CT molecular complexity index is 805. The van der Waals surface area contributed by atoms with Crippen molar-refractivity contribution in [2.24, 2.45) is 0 Å². The number of carbonyl (C=O) groups is 2. The van der Waals surface area contributed by atoms with Crippen molar-refractivity contribution in [1.29, 1.82) is 0 Å².